The number of carbonyl (C=O) groups excluding carboxylic acids is 2. The Morgan fingerprint density at radius 1 is 1.14 bits per heavy atom. The molecule has 0 saturated carbocycles. The summed E-state index contributed by atoms with van der Waals surface area (Å²) >= 11 is 0. The zero-order valence-electron chi connectivity index (χ0n) is 13.1. The van der Waals surface area contributed by atoms with Gasteiger partial charge < -0.3 is 10.2 Å². The first-order valence-electron chi connectivity index (χ1n) is 8.25. The van der Waals surface area contributed by atoms with Gasteiger partial charge in [0.25, 0.3) is 0 Å². The fourth-order valence-corrected chi connectivity index (χ4v) is 3.35. The molecule has 0 bridgehead atoms. The zero-order chi connectivity index (χ0) is 15.5. The number of rotatable bonds is 4. The number of benzene rings is 1. The van der Waals surface area contributed by atoms with Gasteiger partial charge in [-0.1, -0.05) is 37.3 Å². The smallest absolute Gasteiger partial charge is 0.225 e. The molecule has 1 amide bonds. The largest absolute Gasteiger partial charge is 0.342 e. The van der Waals surface area contributed by atoms with E-state index in [0.717, 1.165) is 31.5 Å². The molecule has 1 atom stereocenters. The molecule has 2 fully saturated rings. The van der Waals surface area contributed by atoms with Crippen LogP contribution < -0.4 is 5.32 Å². The number of hydrogen-bond donors (Lipinski definition) is 1. The molecular formula is C18H24N2O2. The number of amides is 1. The van der Waals surface area contributed by atoms with E-state index in [1.165, 1.54) is 0 Å². The van der Waals surface area contributed by atoms with Gasteiger partial charge in [0.2, 0.25) is 5.91 Å². The van der Waals surface area contributed by atoms with Gasteiger partial charge in [-0.25, -0.2) is 0 Å². The molecule has 1 unspecified atom stereocenters. The normalized spacial score (nSPS) is 21.2. The lowest BCUT2D eigenvalue weighted by Crippen LogP contribution is -2.51. The van der Waals surface area contributed by atoms with Crippen molar-refractivity contribution >= 4 is 11.7 Å². The fourth-order valence-electron chi connectivity index (χ4n) is 3.35. The molecular weight excluding hydrogens is 276 g/mol. The summed E-state index contributed by atoms with van der Waals surface area (Å²) in [6.07, 6.45) is 1.57. The Morgan fingerprint density at radius 2 is 1.77 bits per heavy atom. The van der Waals surface area contributed by atoms with Crippen LogP contribution in [0, 0.1) is 17.8 Å². The molecule has 2 heterocycles. The van der Waals surface area contributed by atoms with E-state index < -0.39 is 0 Å². The van der Waals surface area contributed by atoms with Crippen molar-refractivity contribution in [3.63, 3.8) is 0 Å². The molecule has 1 aromatic carbocycles. The number of Topliss-reactive ketones (excluding diaryl/α,β-unsaturated/α-hetero) is 1. The van der Waals surface area contributed by atoms with Gasteiger partial charge in [-0.15, -0.1) is 0 Å². The summed E-state index contributed by atoms with van der Waals surface area (Å²) in [4.78, 5) is 26.9. The number of hydrogen-bond acceptors (Lipinski definition) is 3. The van der Waals surface area contributed by atoms with Gasteiger partial charge in [0, 0.05) is 30.5 Å². The van der Waals surface area contributed by atoms with E-state index in [-0.39, 0.29) is 23.5 Å². The van der Waals surface area contributed by atoms with Crippen molar-refractivity contribution in [3.8, 4) is 0 Å². The van der Waals surface area contributed by atoms with Crippen molar-refractivity contribution in [2.24, 2.45) is 17.8 Å². The van der Waals surface area contributed by atoms with Crippen molar-refractivity contribution in [2.45, 2.75) is 19.8 Å². The Kier molecular flexibility index (Phi) is 4.57. The molecule has 22 heavy (non-hydrogen) atoms. The summed E-state index contributed by atoms with van der Waals surface area (Å²) < 4.78 is 0. The minimum absolute atomic E-state index is 0.0622. The third-order valence-electron chi connectivity index (χ3n) is 5.15. The monoisotopic (exact) mass is 300 g/mol. The third kappa shape index (κ3) is 3.07. The van der Waals surface area contributed by atoms with E-state index in [1.54, 1.807) is 0 Å². The van der Waals surface area contributed by atoms with Crippen molar-refractivity contribution < 1.29 is 9.59 Å². The standard InChI is InChI=1S/C18H24N2O2/c1-13(16-11-19-12-16)18(22)20-9-7-15(8-10-20)17(21)14-5-3-2-4-6-14/h2-6,13,15-16,19H,7-12H2,1H3. The molecule has 4 nitrogen and oxygen atoms in total. The van der Waals surface area contributed by atoms with Gasteiger partial charge in [0.1, 0.15) is 0 Å². The molecule has 2 saturated heterocycles. The first-order valence-corrected chi connectivity index (χ1v) is 8.25. The van der Waals surface area contributed by atoms with Crippen LogP contribution in [0.5, 0.6) is 0 Å². The van der Waals surface area contributed by atoms with Crippen molar-refractivity contribution in [1.82, 2.24) is 10.2 Å². The molecule has 0 aromatic heterocycles. The second-order valence-electron chi connectivity index (χ2n) is 6.54. The lowest BCUT2D eigenvalue weighted by molar-refractivity contribution is -0.138. The van der Waals surface area contributed by atoms with Crippen LogP contribution in [-0.4, -0.2) is 42.8 Å². The van der Waals surface area contributed by atoms with Crippen LogP contribution in [0.4, 0.5) is 0 Å². The molecule has 1 aromatic rings. The number of ketones is 1. The molecule has 4 heteroatoms. The summed E-state index contributed by atoms with van der Waals surface area (Å²) in [6.45, 7) is 5.37. The van der Waals surface area contributed by atoms with Crippen LogP contribution in [-0.2, 0) is 4.79 Å². The minimum atomic E-state index is 0.0622. The Hall–Kier alpha value is -1.68. The van der Waals surface area contributed by atoms with Gasteiger partial charge in [-0.3, -0.25) is 9.59 Å². The van der Waals surface area contributed by atoms with E-state index in [9.17, 15) is 9.59 Å². The highest BCUT2D eigenvalue weighted by molar-refractivity contribution is 5.98. The van der Waals surface area contributed by atoms with Crippen LogP contribution in [0.2, 0.25) is 0 Å². The summed E-state index contributed by atoms with van der Waals surface area (Å²) in [5.41, 5.74) is 0.793. The molecule has 1 N–H and O–H groups in total. The molecule has 2 aliphatic heterocycles. The summed E-state index contributed by atoms with van der Waals surface area (Å²) in [5.74, 6) is 1.13. The zero-order valence-corrected chi connectivity index (χ0v) is 13.1. The van der Waals surface area contributed by atoms with Gasteiger partial charge in [-0.05, 0) is 31.8 Å². The third-order valence-corrected chi connectivity index (χ3v) is 5.15. The quantitative estimate of drug-likeness (QED) is 0.865. The SMILES string of the molecule is CC(C(=O)N1CCC(C(=O)c2ccccc2)CC1)C1CNC1. The Balaban J connectivity index is 1.54. The first-order chi connectivity index (χ1) is 10.7. The maximum absolute atomic E-state index is 12.5. The van der Waals surface area contributed by atoms with Crippen LogP contribution in [0.3, 0.4) is 0 Å². The number of likely N-dealkylation sites (tertiary alicyclic amines) is 1. The second kappa shape index (κ2) is 6.61. The van der Waals surface area contributed by atoms with Gasteiger partial charge in [0.05, 0.1) is 0 Å². The summed E-state index contributed by atoms with van der Waals surface area (Å²) in [7, 11) is 0. The fraction of sp³-hybridized carbons (Fsp3) is 0.556. The molecule has 2 aliphatic rings. The van der Waals surface area contributed by atoms with E-state index in [4.69, 9.17) is 0 Å². The predicted molar refractivity (Wildman–Crippen MR) is 85.6 cm³/mol. The summed E-state index contributed by atoms with van der Waals surface area (Å²) in [6, 6.07) is 9.49. The van der Waals surface area contributed by atoms with E-state index in [0.29, 0.717) is 19.0 Å². The highest BCUT2D eigenvalue weighted by atomic mass is 16.2. The Labute approximate surface area is 131 Å². The molecule has 0 spiro atoms. The maximum atomic E-state index is 12.5. The highest BCUT2D eigenvalue weighted by Gasteiger charge is 2.34. The van der Waals surface area contributed by atoms with Crippen molar-refractivity contribution in [2.75, 3.05) is 26.2 Å². The number of carbonyl (C=O) groups is 2. The number of piperidine rings is 1. The number of nitrogens with zero attached hydrogens (tertiary/aromatic N) is 1. The average Bonchev–Trinajstić information content (AvgIpc) is 2.53. The first kappa shape index (κ1) is 15.2. The average molecular weight is 300 g/mol. The van der Waals surface area contributed by atoms with Crippen LogP contribution in [0.1, 0.15) is 30.1 Å². The molecule has 118 valence electrons. The Bertz CT molecular complexity index is 531. The molecule has 0 radical (unpaired) electrons. The maximum Gasteiger partial charge on any atom is 0.225 e. The van der Waals surface area contributed by atoms with E-state index >= 15 is 0 Å². The van der Waals surface area contributed by atoms with Crippen LogP contribution >= 0.6 is 0 Å². The summed E-state index contributed by atoms with van der Waals surface area (Å²) in [5, 5.41) is 3.22. The number of nitrogens with one attached hydrogen (secondary N) is 1. The van der Waals surface area contributed by atoms with Gasteiger partial charge >= 0.3 is 0 Å². The lowest BCUT2D eigenvalue weighted by atomic mass is 9.85. The van der Waals surface area contributed by atoms with E-state index in [1.807, 2.05) is 42.2 Å². The second-order valence-corrected chi connectivity index (χ2v) is 6.54. The van der Waals surface area contributed by atoms with Gasteiger partial charge in [0.15, 0.2) is 5.78 Å². The van der Waals surface area contributed by atoms with E-state index in [2.05, 4.69) is 5.32 Å². The minimum Gasteiger partial charge on any atom is -0.342 e. The van der Waals surface area contributed by atoms with Crippen LogP contribution in [0.25, 0.3) is 0 Å². The molecule has 0 aliphatic carbocycles. The molecule has 3 rings (SSSR count). The van der Waals surface area contributed by atoms with Crippen molar-refractivity contribution in [1.29, 1.82) is 0 Å². The van der Waals surface area contributed by atoms with Crippen LogP contribution in [0.15, 0.2) is 30.3 Å². The highest BCUT2D eigenvalue weighted by Crippen LogP contribution is 2.25. The lowest BCUT2D eigenvalue weighted by Gasteiger charge is -2.37. The Morgan fingerprint density at radius 3 is 2.32 bits per heavy atom. The van der Waals surface area contributed by atoms with Gasteiger partial charge in [-0.2, -0.15) is 0 Å². The van der Waals surface area contributed by atoms with Crippen molar-refractivity contribution in [3.05, 3.63) is 35.9 Å². The predicted octanol–water partition coefficient (Wildman–Crippen LogP) is 1.96. The topological polar surface area (TPSA) is 49.4 Å².